The average Bonchev–Trinajstić information content (AvgIpc) is 2.01. The van der Waals surface area contributed by atoms with Crippen molar-refractivity contribution < 1.29 is 5.11 Å². The number of likely N-dealkylation sites (tertiary alicyclic amines) is 1. The Labute approximate surface area is 68.5 Å². The van der Waals surface area contributed by atoms with Crippen LogP contribution in [0.4, 0.5) is 0 Å². The molecule has 0 bridgehead atoms. The normalized spacial score (nSPS) is 26.4. The van der Waals surface area contributed by atoms with Crippen molar-refractivity contribution in [1.82, 2.24) is 4.90 Å². The topological polar surface area (TPSA) is 23.5 Å². The highest BCUT2D eigenvalue weighted by Crippen LogP contribution is 2.09. The maximum Gasteiger partial charge on any atom is 0.0715 e. The van der Waals surface area contributed by atoms with Crippen molar-refractivity contribution in [2.75, 3.05) is 13.1 Å². The number of rotatable bonds is 2. The summed E-state index contributed by atoms with van der Waals surface area (Å²) >= 11 is 0. The molecule has 0 amide bonds. The largest absolute Gasteiger partial charge is 0.391 e. The molecular weight excluding hydrogens is 138 g/mol. The number of aliphatic hydroxyl groups excluding tert-OH is 1. The summed E-state index contributed by atoms with van der Waals surface area (Å²) in [6, 6.07) is 0. The van der Waals surface area contributed by atoms with Crippen LogP contribution in [0.5, 0.6) is 0 Å². The van der Waals surface area contributed by atoms with Crippen LogP contribution in [-0.4, -0.2) is 29.2 Å². The summed E-state index contributed by atoms with van der Waals surface area (Å²) in [6.07, 6.45) is 7.30. The third kappa shape index (κ3) is 2.93. The lowest BCUT2D eigenvalue weighted by atomic mass is 10.1. The van der Waals surface area contributed by atoms with E-state index < -0.39 is 0 Å². The van der Waals surface area contributed by atoms with Gasteiger partial charge in [0.05, 0.1) is 6.10 Å². The molecule has 64 valence electrons. The van der Waals surface area contributed by atoms with Crippen LogP contribution in [0.25, 0.3) is 0 Å². The van der Waals surface area contributed by atoms with E-state index in [0.29, 0.717) is 0 Å². The number of hydrogen-bond donors (Lipinski definition) is 1. The van der Waals surface area contributed by atoms with Gasteiger partial charge in [-0.1, -0.05) is 13.0 Å². The van der Waals surface area contributed by atoms with Crippen LogP contribution in [0.1, 0.15) is 26.2 Å². The maximum atomic E-state index is 9.30. The second-order valence-electron chi connectivity index (χ2n) is 3.08. The minimum Gasteiger partial charge on any atom is -0.391 e. The van der Waals surface area contributed by atoms with Crippen LogP contribution in [0.15, 0.2) is 12.3 Å². The summed E-state index contributed by atoms with van der Waals surface area (Å²) < 4.78 is 0. The molecule has 1 rings (SSSR count). The van der Waals surface area contributed by atoms with Gasteiger partial charge in [-0.25, -0.2) is 0 Å². The van der Waals surface area contributed by atoms with E-state index in [0.717, 1.165) is 32.4 Å². The molecule has 11 heavy (non-hydrogen) atoms. The highest BCUT2D eigenvalue weighted by molar-refractivity contribution is 4.85. The molecule has 1 aliphatic heterocycles. The molecule has 1 fully saturated rings. The Morgan fingerprint density at radius 1 is 1.64 bits per heavy atom. The molecule has 1 atom stereocenters. The number of aliphatic hydroxyl groups is 1. The molecule has 2 heteroatoms. The van der Waals surface area contributed by atoms with Gasteiger partial charge in [-0.3, -0.25) is 0 Å². The fraction of sp³-hybridized carbons (Fsp3) is 0.778. The van der Waals surface area contributed by atoms with Crippen LogP contribution in [0.2, 0.25) is 0 Å². The van der Waals surface area contributed by atoms with Crippen LogP contribution in [-0.2, 0) is 0 Å². The second kappa shape index (κ2) is 4.39. The summed E-state index contributed by atoms with van der Waals surface area (Å²) in [5.74, 6) is 0. The van der Waals surface area contributed by atoms with E-state index in [9.17, 15) is 5.11 Å². The fourth-order valence-electron chi connectivity index (χ4n) is 1.37. The van der Waals surface area contributed by atoms with Gasteiger partial charge < -0.3 is 10.0 Å². The van der Waals surface area contributed by atoms with Crippen LogP contribution in [0.3, 0.4) is 0 Å². The van der Waals surface area contributed by atoms with Crippen LogP contribution >= 0.6 is 0 Å². The maximum absolute atomic E-state index is 9.30. The minimum atomic E-state index is -0.106. The minimum absolute atomic E-state index is 0.106. The molecule has 0 aromatic carbocycles. The average molecular weight is 155 g/mol. The van der Waals surface area contributed by atoms with Gasteiger partial charge in [-0.15, -0.1) is 0 Å². The molecular formula is C9H17NO. The lowest BCUT2D eigenvalue weighted by Crippen LogP contribution is -2.34. The van der Waals surface area contributed by atoms with E-state index in [2.05, 4.69) is 24.1 Å². The monoisotopic (exact) mass is 155 g/mol. The predicted molar refractivity (Wildman–Crippen MR) is 46.2 cm³/mol. The van der Waals surface area contributed by atoms with E-state index >= 15 is 0 Å². The van der Waals surface area contributed by atoms with Crippen molar-refractivity contribution in [3.05, 3.63) is 12.3 Å². The number of allylic oxidation sites excluding steroid dienone is 1. The Kier molecular flexibility index (Phi) is 3.43. The number of piperidine rings is 1. The Morgan fingerprint density at radius 2 is 2.45 bits per heavy atom. The van der Waals surface area contributed by atoms with E-state index in [1.165, 1.54) is 0 Å². The molecule has 0 aromatic heterocycles. The molecule has 1 saturated heterocycles. The SMILES string of the molecule is CC/C=C/N1CCCC(O)C1. The van der Waals surface area contributed by atoms with E-state index in [1.54, 1.807) is 0 Å². The Morgan fingerprint density at radius 3 is 3.09 bits per heavy atom. The molecule has 1 heterocycles. The third-order valence-electron chi connectivity index (χ3n) is 1.98. The molecule has 0 radical (unpaired) electrons. The van der Waals surface area contributed by atoms with Crippen molar-refractivity contribution >= 4 is 0 Å². The second-order valence-corrected chi connectivity index (χ2v) is 3.08. The van der Waals surface area contributed by atoms with Gasteiger partial charge in [-0.05, 0) is 25.5 Å². The lowest BCUT2D eigenvalue weighted by Gasteiger charge is -2.28. The smallest absolute Gasteiger partial charge is 0.0715 e. The predicted octanol–water partition coefficient (Wildman–Crippen LogP) is 1.37. The zero-order valence-electron chi connectivity index (χ0n) is 7.16. The molecule has 0 aromatic rings. The zero-order chi connectivity index (χ0) is 8.10. The summed E-state index contributed by atoms with van der Waals surface area (Å²) in [6.45, 7) is 4.04. The first-order valence-corrected chi connectivity index (χ1v) is 4.41. The standard InChI is InChI=1S/C9H17NO/c1-2-3-6-10-7-4-5-9(11)8-10/h3,6,9,11H,2,4-5,7-8H2,1H3/b6-3+. The van der Waals surface area contributed by atoms with Gasteiger partial charge in [0.2, 0.25) is 0 Å². The molecule has 2 nitrogen and oxygen atoms in total. The van der Waals surface area contributed by atoms with Crippen molar-refractivity contribution in [3.8, 4) is 0 Å². The molecule has 0 saturated carbocycles. The highest BCUT2D eigenvalue weighted by atomic mass is 16.3. The van der Waals surface area contributed by atoms with Crippen LogP contribution < -0.4 is 0 Å². The van der Waals surface area contributed by atoms with Gasteiger partial charge >= 0.3 is 0 Å². The van der Waals surface area contributed by atoms with Crippen LogP contribution in [0, 0.1) is 0 Å². The molecule has 0 aliphatic carbocycles. The van der Waals surface area contributed by atoms with Gasteiger partial charge in [0.25, 0.3) is 0 Å². The first-order valence-electron chi connectivity index (χ1n) is 4.41. The van der Waals surface area contributed by atoms with Gasteiger partial charge in [0.15, 0.2) is 0 Å². The van der Waals surface area contributed by atoms with E-state index in [-0.39, 0.29) is 6.10 Å². The van der Waals surface area contributed by atoms with Gasteiger partial charge in [0, 0.05) is 13.1 Å². The van der Waals surface area contributed by atoms with Crippen molar-refractivity contribution in [3.63, 3.8) is 0 Å². The van der Waals surface area contributed by atoms with E-state index in [1.807, 2.05) is 0 Å². The summed E-state index contributed by atoms with van der Waals surface area (Å²) in [7, 11) is 0. The zero-order valence-corrected chi connectivity index (χ0v) is 7.16. The van der Waals surface area contributed by atoms with Crippen molar-refractivity contribution in [1.29, 1.82) is 0 Å². The van der Waals surface area contributed by atoms with Gasteiger partial charge in [0.1, 0.15) is 0 Å². The highest BCUT2D eigenvalue weighted by Gasteiger charge is 2.13. The fourth-order valence-corrected chi connectivity index (χ4v) is 1.37. The Bertz CT molecular complexity index is 134. The molecule has 1 N–H and O–H groups in total. The molecule has 1 aliphatic rings. The van der Waals surface area contributed by atoms with Gasteiger partial charge in [-0.2, -0.15) is 0 Å². The lowest BCUT2D eigenvalue weighted by molar-refractivity contribution is 0.0940. The summed E-state index contributed by atoms with van der Waals surface area (Å²) in [4.78, 5) is 2.19. The van der Waals surface area contributed by atoms with Crippen molar-refractivity contribution in [2.45, 2.75) is 32.3 Å². The molecule has 1 unspecified atom stereocenters. The number of β-amino-alcohol motifs (C(OH)–C–C–N with tert-alkyl or cyclic N) is 1. The number of nitrogens with zero attached hydrogens (tertiary/aromatic N) is 1. The summed E-state index contributed by atoms with van der Waals surface area (Å²) in [5.41, 5.74) is 0. The van der Waals surface area contributed by atoms with Crippen molar-refractivity contribution in [2.24, 2.45) is 0 Å². The Balaban J connectivity index is 2.28. The van der Waals surface area contributed by atoms with E-state index in [4.69, 9.17) is 0 Å². The first kappa shape index (κ1) is 8.60. The molecule has 0 spiro atoms. The first-order chi connectivity index (χ1) is 5.33. The summed E-state index contributed by atoms with van der Waals surface area (Å²) in [5, 5.41) is 9.30. The quantitative estimate of drug-likeness (QED) is 0.651. The Hall–Kier alpha value is -0.500. The third-order valence-corrected chi connectivity index (χ3v) is 1.98. The number of hydrogen-bond acceptors (Lipinski definition) is 2.